The van der Waals surface area contributed by atoms with Crippen molar-refractivity contribution in [3.63, 3.8) is 0 Å². The van der Waals surface area contributed by atoms with Crippen molar-refractivity contribution in [1.82, 2.24) is 0 Å². The van der Waals surface area contributed by atoms with Crippen LogP contribution in [0.5, 0.6) is 0 Å². The highest BCUT2D eigenvalue weighted by atomic mass is 14.3. The van der Waals surface area contributed by atoms with Gasteiger partial charge in [0.2, 0.25) is 0 Å². The molecule has 0 N–H and O–H groups in total. The topological polar surface area (TPSA) is 0 Å². The summed E-state index contributed by atoms with van der Waals surface area (Å²) in [6.07, 6.45) is 12.2. The molecule has 0 nitrogen and oxygen atoms in total. The molecule has 0 saturated heterocycles. The van der Waals surface area contributed by atoms with Gasteiger partial charge in [0.05, 0.1) is 0 Å². The van der Waals surface area contributed by atoms with Gasteiger partial charge >= 0.3 is 0 Å². The number of rotatable bonds is 2. The zero-order valence-electron chi connectivity index (χ0n) is 14.0. The maximum absolute atomic E-state index is 2.61. The molecular weight excluding hydrogens is 288 g/mol. The highest BCUT2D eigenvalue weighted by Gasteiger charge is 2.30. The smallest absolute Gasteiger partial charge is 0.0150 e. The van der Waals surface area contributed by atoms with Crippen LogP contribution in [0.15, 0.2) is 36.4 Å². The number of hydrogen-bond donors (Lipinski definition) is 0. The van der Waals surface area contributed by atoms with E-state index in [9.17, 15) is 0 Å². The molecule has 2 aromatic carbocycles. The van der Waals surface area contributed by atoms with Crippen LogP contribution < -0.4 is 0 Å². The van der Waals surface area contributed by atoms with E-state index in [1.54, 1.807) is 33.4 Å². The summed E-state index contributed by atoms with van der Waals surface area (Å²) in [6.45, 7) is 0. The summed E-state index contributed by atoms with van der Waals surface area (Å²) in [6, 6.07) is 14.4. The van der Waals surface area contributed by atoms with Crippen molar-refractivity contribution >= 4 is 0 Å². The molecule has 0 aliphatic heterocycles. The predicted molar refractivity (Wildman–Crippen MR) is 103 cm³/mol. The van der Waals surface area contributed by atoms with Crippen molar-refractivity contribution in [2.75, 3.05) is 0 Å². The summed E-state index contributed by atoms with van der Waals surface area (Å²) < 4.78 is 0. The van der Waals surface area contributed by atoms with Gasteiger partial charge in [0.1, 0.15) is 0 Å². The highest BCUT2D eigenvalue weighted by molar-refractivity contribution is 5.45. The van der Waals surface area contributed by atoms with Gasteiger partial charge in [-0.05, 0) is 103 Å². The molecule has 0 aromatic heterocycles. The standard InChI is InChI=1S/C23H26.CH4/c1-2-7-18-15-23-20(13-17(18)6-1)11-12-21(23)14-19-10-9-16-5-3-4-8-22(16)19;/h3-5,8,13,15,19,21H,1-2,6-7,9-12,14H2;1H4. The van der Waals surface area contributed by atoms with Crippen LogP contribution in [-0.2, 0) is 25.7 Å². The zero-order valence-corrected chi connectivity index (χ0v) is 14.0. The lowest BCUT2D eigenvalue weighted by Crippen LogP contribution is -2.06. The third-order valence-electron chi connectivity index (χ3n) is 6.63. The SMILES string of the molecule is C.c1ccc2c(c1)CCC2CC1CCc2cc3c(cc21)CCCC3. The Kier molecular flexibility index (Phi) is 4.24. The molecule has 5 rings (SSSR count). The molecule has 0 heteroatoms. The third kappa shape index (κ3) is 2.61. The van der Waals surface area contributed by atoms with Gasteiger partial charge in [-0.15, -0.1) is 0 Å². The molecule has 0 heterocycles. The highest BCUT2D eigenvalue weighted by Crippen LogP contribution is 2.45. The molecule has 24 heavy (non-hydrogen) atoms. The molecule has 3 aliphatic rings. The number of aryl methyl sites for hydroxylation is 4. The first kappa shape index (κ1) is 15.9. The normalized spacial score (nSPS) is 24.0. The fourth-order valence-corrected chi connectivity index (χ4v) is 5.42. The Bertz CT molecular complexity index is 740. The Hall–Kier alpha value is -1.56. The lowest BCUT2D eigenvalue weighted by atomic mass is 9.84. The van der Waals surface area contributed by atoms with Crippen molar-refractivity contribution in [2.24, 2.45) is 0 Å². The van der Waals surface area contributed by atoms with Crippen LogP contribution in [-0.4, -0.2) is 0 Å². The van der Waals surface area contributed by atoms with E-state index < -0.39 is 0 Å². The van der Waals surface area contributed by atoms with Crippen LogP contribution >= 0.6 is 0 Å². The molecule has 2 atom stereocenters. The fourth-order valence-electron chi connectivity index (χ4n) is 5.42. The molecular formula is C24H30. The molecule has 0 bridgehead atoms. The first-order chi connectivity index (χ1) is 11.4. The van der Waals surface area contributed by atoms with Crippen LogP contribution in [0.3, 0.4) is 0 Å². The van der Waals surface area contributed by atoms with Crippen molar-refractivity contribution in [3.05, 3.63) is 69.8 Å². The van der Waals surface area contributed by atoms with Gasteiger partial charge in [0, 0.05) is 0 Å². The summed E-state index contributed by atoms with van der Waals surface area (Å²) in [5.41, 5.74) is 10.0. The Morgan fingerprint density at radius 3 is 2.17 bits per heavy atom. The van der Waals surface area contributed by atoms with Gasteiger partial charge in [-0.25, -0.2) is 0 Å². The van der Waals surface area contributed by atoms with E-state index >= 15 is 0 Å². The summed E-state index contributed by atoms with van der Waals surface area (Å²) in [7, 11) is 0. The van der Waals surface area contributed by atoms with Gasteiger partial charge in [-0.3, -0.25) is 0 Å². The third-order valence-corrected chi connectivity index (χ3v) is 6.63. The molecule has 0 fully saturated rings. The molecule has 0 amide bonds. The molecule has 2 unspecified atom stereocenters. The van der Waals surface area contributed by atoms with Crippen LogP contribution in [0, 0.1) is 0 Å². The number of benzene rings is 2. The second kappa shape index (κ2) is 6.39. The monoisotopic (exact) mass is 318 g/mol. The van der Waals surface area contributed by atoms with Gasteiger partial charge in [-0.1, -0.05) is 43.8 Å². The molecule has 126 valence electrons. The summed E-state index contributed by atoms with van der Waals surface area (Å²) in [4.78, 5) is 0. The minimum Gasteiger partial charge on any atom is -0.0776 e. The van der Waals surface area contributed by atoms with E-state index in [0.717, 1.165) is 11.8 Å². The lowest BCUT2D eigenvalue weighted by molar-refractivity contribution is 0.524. The van der Waals surface area contributed by atoms with E-state index in [2.05, 4.69) is 36.4 Å². The Balaban J connectivity index is 0.00000146. The average Bonchev–Trinajstić information content (AvgIpc) is 3.18. The second-order valence-electron chi connectivity index (χ2n) is 7.93. The van der Waals surface area contributed by atoms with E-state index in [4.69, 9.17) is 0 Å². The van der Waals surface area contributed by atoms with Gasteiger partial charge < -0.3 is 0 Å². The summed E-state index contributed by atoms with van der Waals surface area (Å²) >= 11 is 0. The Morgan fingerprint density at radius 2 is 1.33 bits per heavy atom. The van der Waals surface area contributed by atoms with Gasteiger partial charge in [0.15, 0.2) is 0 Å². The quantitative estimate of drug-likeness (QED) is 0.605. The van der Waals surface area contributed by atoms with Crippen LogP contribution in [0.2, 0.25) is 0 Å². The maximum atomic E-state index is 2.61. The molecule has 0 spiro atoms. The summed E-state index contributed by atoms with van der Waals surface area (Å²) in [5, 5.41) is 0. The van der Waals surface area contributed by atoms with E-state index in [1.807, 2.05) is 0 Å². The predicted octanol–water partition coefficient (Wildman–Crippen LogP) is 6.35. The zero-order chi connectivity index (χ0) is 15.2. The first-order valence-corrected chi connectivity index (χ1v) is 9.61. The van der Waals surface area contributed by atoms with Crippen molar-refractivity contribution in [2.45, 2.75) is 77.0 Å². The van der Waals surface area contributed by atoms with Crippen molar-refractivity contribution < 1.29 is 0 Å². The molecule has 0 radical (unpaired) electrons. The van der Waals surface area contributed by atoms with E-state index in [0.29, 0.717) is 0 Å². The van der Waals surface area contributed by atoms with Gasteiger partial charge in [-0.2, -0.15) is 0 Å². The fraction of sp³-hybridized carbons (Fsp3) is 0.500. The molecule has 3 aliphatic carbocycles. The summed E-state index contributed by atoms with van der Waals surface area (Å²) in [5.74, 6) is 1.62. The van der Waals surface area contributed by atoms with E-state index in [1.165, 1.54) is 57.8 Å². The second-order valence-corrected chi connectivity index (χ2v) is 7.93. The number of hydrogen-bond acceptors (Lipinski definition) is 0. The van der Waals surface area contributed by atoms with Gasteiger partial charge in [0.25, 0.3) is 0 Å². The molecule has 2 aromatic rings. The lowest BCUT2D eigenvalue weighted by Gasteiger charge is -2.21. The minimum absolute atomic E-state index is 0. The van der Waals surface area contributed by atoms with Crippen LogP contribution in [0.4, 0.5) is 0 Å². The van der Waals surface area contributed by atoms with Crippen LogP contribution in [0.1, 0.15) is 84.7 Å². The average molecular weight is 319 g/mol. The van der Waals surface area contributed by atoms with E-state index in [-0.39, 0.29) is 7.43 Å². The minimum atomic E-state index is 0. The Labute approximate surface area is 147 Å². The van der Waals surface area contributed by atoms with Crippen molar-refractivity contribution in [1.29, 1.82) is 0 Å². The van der Waals surface area contributed by atoms with Crippen molar-refractivity contribution in [3.8, 4) is 0 Å². The van der Waals surface area contributed by atoms with Crippen LogP contribution in [0.25, 0.3) is 0 Å². The molecule has 0 saturated carbocycles. The number of fused-ring (bicyclic) bond motifs is 3. The first-order valence-electron chi connectivity index (χ1n) is 9.61. The largest absolute Gasteiger partial charge is 0.0776 e. The Morgan fingerprint density at radius 1 is 0.667 bits per heavy atom. The maximum Gasteiger partial charge on any atom is -0.0150 e.